The highest BCUT2D eigenvalue weighted by atomic mass is 32.1. The van der Waals surface area contributed by atoms with Gasteiger partial charge in [0.25, 0.3) is 11.5 Å². The Morgan fingerprint density at radius 1 is 1.00 bits per heavy atom. The van der Waals surface area contributed by atoms with Crippen LogP contribution in [0.5, 0.6) is 23.0 Å². The molecule has 1 aliphatic heterocycles. The Kier molecular flexibility index (Phi) is 8.99. The third-order valence-corrected chi connectivity index (χ3v) is 7.80. The number of carbonyl (C=O) groups excluding carboxylic acids is 1. The van der Waals surface area contributed by atoms with Crippen molar-refractivity contribution in [3.8, 4) is 23.0 Å². The van der Waals surface area contributed by atoms with Gasteiger partial charge in [-0.1, -0.05) is 17.4 Å². The number of nitrogens with zero attached hydrogens (tertiary/aromatic N) is 3. The van der Waals surface area contributed by atoms with Crippen molar-refractivity contribution in [2.75, 3.05) is 41.0 Å². The van der Waals surface area contributed by atoms with Crippen LogP contribution in [-0.4, -0.2) is 56.4 Å². The summed E-state index contributed by atoms with van der Waals surface area (Å²) in [6, 6.07) is 10.1. The summed E-state index contributed by atoms with van der Waals surface area (Å²) in [6.45, 7) is 9.14. The topological polar surface area (TPSA) is 91.6 Å². The molecule has 3 aromatic rings. The second-order valence-corrected chi connectivity index (χ2v) is 10.0. The molecule has 9 nitrogen and oxygen atoms in total. The van der Waals surface area contributed by atoms with Gasteiger partial charge in [0.05, 0.1) is 43.7 Å². The monoisotopic (exact) mass is 565 g/mol. The van der Waals surface area contributed by atoms with Gasteiger partial charge in [-0.05, 0) is 69.7 Å². The molecule has 1 aromatic heterocycles. The molecule has 0 spiro atoms. The van der Waals surface area contributed by atoms with Crippen molar-refractivity contribution < 1.29 is 23.7 Å². The summed E-state index contributed by atoms with van der Waals surface area (Å²) in [5.74, 6) is 2.15. The maximum Gasteiger partial charge on any atom is 0.271 e. The van der Waals surface area contributed by atoms with E-state index < -0.39 is 6.04 Å². The van der Waals surface area contributed by atoms with Crippen LogP contribution >= 0.6 is 11.3 Å². The first-order valence-corrected chi connectivity index (χ1v) is 14.0. The van der Waals surface area contributed by atoms with E-state index in [1.165, 1.54) is 11.3 Å². The first-order valence-electron chi connectivity index (χ1n) is 13.2. The molecule has 4 rings (SSSR count). The molecule has 2 aromatic carbocycles. The molecular formula is C30H35N3O6S. The molecule has 40 heavy (non-hydrogen) atoms. The number of amides is 1. The lowest BCUT2D eigenvalue weighted by Crippen LogP contribution is -2.43. The molecule has 0 saturated carbocycles. The summed E-state index contributed by atoms with van der Waals surface area (Å²) < 4.78 is 24.4. The SMILES string of the molecule is CCOc1ccc(/C=c2/sc3n(c2=O)[C@@H](c2cc(OC)ccc2OC)C(C(=O)N(CC)CC)=C(C)N=3)cc1OC. The van der Waals surface area contributed by atoms with Crippen LogP contribution in [0.4, 0.5) is 0 Å². The second kappa shape index (κ2) is 12.4. The van der Waals surface area contributed by atoms with Crippen molar-refractivity contribution in [2.45, 2.75) is 33.7 Å². The predicted molar refractivity (Wildman–Crippen MR) is 155 cm³/mol. The number of carbonyl (C=O) groups is 1. The summed E-state index contributed by atoms with van der Waals surface area (Å²) in [5, 5.41) is 0. The molecule has 0 radical (unpaired) electrons. The number of thiazole rings is 1. The maximum atomic E-state index is 14.1. The Labute approximate surface area is 237 Å². The van der Waals surface area contributed by atoms with Crippen molar-refractivity contribution in [1.82, 2.24) is 9.47 Å². The number of allylic oxidation sites excluding steroid dienone is 1. The van der Waals surface area contributed by atoms with E-state index >= 15 is 0 Å². The number of fused-ring (bicyclic) bond motifs is 1. The highest BCUT2D eigenvalue weighted by Crippen LogP contribution is 2.38. The van der Waals surface area contributed by atoms with E-state index in [1.54, 1.807) is 49.0 Å². The Balaban J connectivity index is 1.98. The van der Waals surface area contributed by atoms with Gasteiger partial charge in [-0.3, -0.25) is 14.2 Å². The minimum atomic E-state index is -0.758. The molecule has 0 aliphatic carbocycles. The lowest BCUT2D eigenvalue weighted by atomic mass is 9.93. The van der Waals surface area contributed by atoms with Crippen LogP contribution in [0.15, 0.2) is 57.5 Å². The van der Waals surface area contributed by atoms with Gasteiger partial charge in [-0.25, -0.2) is 4.99 Å². The zero-order valence-corrected chi connectivity index (χ0v) is 24.8. The van der Waals surface area contributed by atoms with Gasteiger partial charge in [-0.15, -0.1) is 0 Å². The Morgan fingerprint density at radius 2 is 1.70 bits per heavy atom. The standard InChI is InChI=1S/C30H35N3O6S/c1-8-32(9-2)29(35)26-18(4)31-30-33(27(26)21-17-20(36-5)12-14-22(21)37-6)28(34)25(40-30)16-19-11-13-23(39-10-3)24(15-19)38-7/h11-17,27H,8-10H2,1-7H3/b25-16+/t27-/m0/s1. The molecule has 212 valence electrons. The van der Waals surface area contributed by atoms with Crippen LogP contribution in [-0.2, 0) is 4.79 Å². The van der Waals surface area contributed by atoms with Gasteiger partial charge < -0.3 is 23.8 Å². The Bertz CT molecular complexity index is 1620. The minimum Gasteiger partial charge on any atom is -0.497 e. The van der Waals surface area contributed by atoms with Crippen molar-refractivity contribution in [1.29, 1.82) is 0 Å². The number of hydrogen-bond acceptors (Lipinski definition) is 8. The molecule has 1 atom stereocenters. The first-order chi connectivity index (χ1) is 19.3. The van der Waals surface area contributed by atoms with Crippen LogP contribution in [0, 0.1) is 0 Å². The van der Waals surface area contributed by atoms with Crippen molar-refractivity contribution in [3.63, 3.8) is 0 Å². The molecule has 0 saturated heterocycles. The lowest BCUT2D eigenvalue weighted by molar-refractivity contribution is -0.127. The van der Waals surface area contributed by atoms with E-state index in [-0.39, 0.29) is 11.5 Å². The maximum absolute atomic E-state index is 14.1. The first kappa shape index (κ1) is 28.9. The highest BCUT2D eigenvalue weighted by molar-refractivity contribution is 7.07. The third kappa shape index (κ3) is 5.36. The van der Waals surface area contributed by atoms with Gasteiger partial charge >= 0.3 is 0 Å². The fourth-order valence-corrected chi connectivity index (χ4v) is 5.87. The number of benzene rings is 2. The van der Waals surface area contributed by atoms with Gasteiger partial charge in [-0.2, -0.15) is 0 Å². The lowest BCUT2D eigenvalue weighted by Gasteiger charge is -2.30. The number of hydrogen-bond donors (Lipinski definition) is 0. The molecule has 0 fully saturated rings. The Morgan fingerprint density at radius 3 is 2.33 bits per heavy atom. The molecule has 2 heterocycles. The molecule has 10 heteroatoms. The third-order valence-electron chi connectivity index (χ3n) is 6.82. The van der Waals surface area contributed by atoms with Crippen LogP contribution in [0.1, 0.15) is 44.9 Å². The number of aromatic nitrogens is 1. The second-order valence-electron chi connectivity index (χ2n) is 9.01. The van der Waals surface area contributed by atoms with Gasteiger partial charge in [0, 0.05) is 18.7 Å². The van der Waals surface area contributed by atoms with Gasteiger partial charge in [0.1, 0.15) is 17.5 Å². The molecule has 0 bridgehead atoms. The van der Waals surface area contributed by atoms with E-state index in [1.807, 2.05) is 52.0 Å². The van der Waals surface area contributed by atoms with Crippen LogP contribution in [0.2, 0.25) is 0 Å². The summed E-state index contributed by atoms with van der Waals surface area (Å²) in [4.78, 5) is 34.9. The highest BCUT2D eigenvalue weighted by Gasteiger charge is 2.36. The number of methoxy groups -OCH3 is 3. The molecule has 0 N–H and O–H groups in total. The number of rotatable bonds is 10. The predicted octanol–water partition coefficient (Wildman–Crippen LogP) is 3.53. The number of likely N-dealkylation sites (N-methyl/N-ethyl adjacent to an activating group) is 1. The number of ether oxygens (including phenoxy) is 4. The average Bonchev–Trinajstić information content (AvgIpc) is 3.27. The van der Waals surface area contributed by atoms with Crippen LogP contribution < -0.4 is 33.8 Å². The van der Waals surface area contributed by atoms with E-state index in [4.69, 9.17) is 23.9 Å². The fourth-order valence-electron chi connectivity index (χ4n) is 4.82. The van der Waals surface area contributed by atoms with Gasteiger partial charge in [0.2, 0.25) is 0 Å². The summed E-state index contributed by atoms with van der Waals surface area (Å²) >= 11 is 1.27. The zero-order chi connectivity index (χ0) is 29.0. The van der Waals surface area contributed by atoms with E-state index in [0.29, 0.717) is 68.9 Å². The fraction of sp³-hybridized carbons (Fsp3) is 0.367. The van der Waals surface area contributed by atoms with E-state index in [0.717, 1.165) is 5.56 Å². The smallest absolute Gasteiger partial charge is 0.271 e. The zero-order valence-electron chi connectivity index (χ0n) is 23.9. The molecular weight excluding hydrogens is 530 g/mol. The van der Waals surface area contributed by atoms with Crippen molar-refractivity contribution in [3.05, 3.63) is 78.5 Å². The van der Waals surface area contributed by atoms with E-state index in [2.05, 4.69) is 0 Å². The van der Waals surface area contributed by atoms with Crippen molar-refractivity contribution in [2.24, 2.45) is 4.99 Å². The van der Waals surface area contributed by atoms with Crippen LogP contribution in [0.25, 0.3) is 6.08 Å². The summed E-state index contributed by atoms with van der Waals surface area (Å²) in [7, 11) is 4.72. The largest absolute Gasteiger partial charge is 0.497 e. The summed E-state index contributed by atoms with van der Waals surface area (Å²) in [5.41, 5.74) is 2.14. The van der Waals surface area contributed by atoms with E-state index in [9.17, 15) is 9.59 Å². The minimum absolute atomic E-state index is 0.174. The van der Waals surface area contributed by atoms with Crippen molar-refractivity contribution >= 4 is 23.3 Å². The summed E-state index contributed by atoms with van der Waals surface area (Å²) in [6.07, 6.45) is 1.80. The quantitative estimate of drug-likeness (QED) is 0.374. The molecule has 1 amide bonds. The Hall–Kier alpha value is -4.05. The van der Waals surface area contributed by atoms with Crippen LogP contribution in [0.3, 0.4) is 0 Å². The molecule has 0 unspecified atom stereocenters. The molecule has 1 aliphatic rings. The average molecular weight is 566 g/mol. The normalized spacial score (nSPS) is 14.9. The van der Waals surface area contributed by atoms with Gasteiger partial charge in [0.15, 0.2) is 16.3 Å².